The van der Waals surface area contributed by atoms with E-state index < -0.39 is 12.1 Å². The molecule has 22 heavy (non-hydrogen) atoms. The van der Waals surface area contributed by atoms with Crippen LogP contribution in [-0.4, -0.2) is 45.7 Å². The number of aliphatic hydroxyl groups is 1. The summed E-state index contributed by atoms with van der Waals surface area (Å²) >= 11 is 0. The van der Waals surface area contributed by atoms with Gasteiger partial charge >= 0.3 is 5.97 Å². The zero-order chi connectivity index (χ0) is 15.9. The summed E-state index contributed by atoms with van der Waals surface area (Å²) in [5.74, 6) is -0.938. The Labute approximate surface area is 128 Å². The van der Waals surface area contributed by atoms with Crippen LogP contribution >= 0.6 is 0 Å². The fraction of sp³-hybridized carbons (Fsp3) is 0.562. The first kappa shape index (κ1) is 15.1. The quantitative estimate of drug-likeness (QED) is 0.717. The molecule has 0 aliphatic carbocycles. The molecule has 1 aromatic rings. The normalized spacial score (nSPS) is 31.5. The van der Waals surface area contributed by atoms with Crippen molar-refractivity contribution in [3.63, 3.8) is 0 Å². The molecule has 1 saturated heterocycles. The van der Waals surface area contributed by atoms with Crippen LogP contribution in [0.5, 0.6) is 11.5 Å². The molecule has 4 unspecified atom stereocenters. The molecule has 0 amide bonds. The highest BCUT2D eigenvalue weighted by Gasteiger charge is 2.34. The van der Waals surface area contributed by atoms with Crippen molar-refractivity contribution < 1.29 is 29.6 Å². The number of carbonyl (C=O) groups excluding carboxylic acids is 1. The molecule has 1 fully saturated rings. The average molecular weight is 308 g/mol. The number of benzene rings is 1. The van der Waals surface area contributed by atoms with Crippen molar-refractivity contribution in [2.24, 2.45) is 0 Å². The lowest BCUT2D eigenvalue weighted by Crippen LogP contribution is -2.38. The van der Waals surface area contributed by atoms with Crippen molar-refractivity contribution in [1.82, 2.24) is 0 Å². The Balaban J connectivity index is 1.74. The Morgan fingerprint density at radius 1 is 1.23 bits per heavy atom. The van der Waals surface area contributed by atoms with Crippen LogP contribution in [-0.2, 0) is 15.9 Å². The molecule has 4 atom stereocenters. The van der Waals surface area contributed by atoms with Crippen LogP contribution in [0.25, 0.3) is 0 Å². The number of aliphatic hydroxyl groups excluding tert-OH is 1. The van der Waals surface area contributed by atoms with Crippen molar-refractivity contribution in [2.45, 2.75) is 57.0 Å². The van der Waals surface area contributed by atoms with Crippen LogP contribution in [0.2, 0.25) is 0 Å². The van der Waals surface area contributed by atoms with Crippen molar-refractivity contribution in [1.29, 1.82) is 0 Å². The summed E-state index contributed by atoms with van der Waals surface area (Å²) in [6.45, 7) is 1.91. The minimum absolute atomic E-state index is 0.0200. The van der Waals surface area contributed by atoms with E-state index in [1.54, 1.807) is 0 Å². The lowest BCUT2D eigenvalue weighted by Gasteiger charge is -2.34. The number of phenols is 2. The number of ether oxygens (including phenoxy) is 2. The van der Waals surface area contributed by atoms with E-state index in [0.29, 0.717) is 31.2 Å². The van der Waals surface area contributed by atoms with E-state index >= 15 is 0 Å². The number of rotatable bonds is 2. The molecule has 0 spiro atoms. The van der Waals surface area contributed by atoms with Crippen LogP contribution < -0.4 is 0 Å². The number of hydrogen-bond donors (Lipinski definition) is 3. The van der Waals surface area contributed by atoms with Gasteiger partial charge in [0, 0.05) is 18.9 Å². The summed E-state index contributed by atoms with van der Waals surface area (Å²) in [5.41, 5.74) is 0.690. The third kappa shape index (κ3) is 3.03. The maximum Gasteiger partial charge on any atom is 0.342 e. The lowest BCUT2D eigenvalue weighted by molar-refractivity contribution is -0.103. The molecule has 0 aromatic heterocycles. The van der Waals surface area contributed by atoms with Gasteiger partial charge in [-0.25, -0.2) is 4.79 Å². The van der Waals surface area contributed by atoms with Crippen molar-refractivity contribution in [3.05, 3.63) is 23.3 Å². The minimum Gasteiger partial charge on any atom is -0.508 e. The molecule has 2 aliphatic rings. The Morgan fingerprint density at radius 3 is 2.73 bits per heavy atom. The van der Waals surface area contributed by atoms with Gasteiger partial charge < -0.3 is 24.8 Å². The van der Waals surface area contributed by atoms with E-state index in [4.69, 9.17) is 9.47 Å². The number of carbonyl (C=O) groups is 1. The Bertz CT molecular complexity index is 574. The van der Waals surface area contributed by atoms with Gasteiger partial charge in [-0.1, -0.05) is 0 Å². The van der Waals surface area contributed by atoms with Gasteiger partial charge in [0.1, 0.15) is 23.2 Å². The van der Waals surface area contributed by atoms with E-state index in [0.717, 1.165) is 6.07 Å². The van der Waals surface area contributed by atoms with E-state index in [2.05, 4.69) is 0 Å². The second-order valence-corrected chi connectivity index (χ2v) is 6.16. The van der Waals surface area contributed by atoms with Gasteiger partial charge in [0.2, 0.25) is 0 Å². The third-order valence-electron chi connectivity index (χ3n) is 4.20. The summed E-state index contributed by atoms with van der Waals surface area (Å²) in [6, 6.07) is 2.60. The van der Waals surface area contributed by atoms with E-state index in [1.807, 2.05) is 6.92 Å². The largest absolute Gasteiger partial charge is 0.508 e. The predicted octanol–water partition coefficient (Wildman–Crippen LogP) is 1.50. The van der Waals surface area contributed by atoms with E-state index in [-0.39, 0.29) is 35.4 Å². The molecular weight excluding hydrogens is 288 g/mol. The van der Waals surface area contributed by atoms with Crippen LogP contribution in [0.3, 0.4) is 0 Å². The molecule has 3 N–H and O–H groups in total. The van der Waals surface area contributed by atoms with Crippen molar-refractivity contribution >= 4 is 5.97 Å². The first-order valence-corrected chi connectivity index (χ1v) is 7.51. The lowest BCUT2D eigenvalue weighted by atomic mass is 9.92. The summed E-state index contributed by atoms with van der Waals surface area (Å²) < 4.78 is 11.1. The van der Waals surface area contributed by atoms with Crippen molar-refractivity contribution in [3.8, 4) is 11.5 Å². The number of hydrogen-bond acceptors (Lipinski definition) is 6. The third-order valence-corrected chi connectivity index (χ3v) is 4.20. The molecular formula is C16H20O6. The number of phenolic OH excluding ortho intramolecular Hbond substituents is 2. The summed E-state index contributed by atoms with van der Waals surface area (Å²) in [4.78, 5) is 12.0. The molecule has 6 heteroatoms. The highest BCUT2D eigenvalue weighted by molar-refractivity contribution is 5.95. The Hall–Kier alpha value is -1.79. The standard InChI is InChI=1S/C16H20O6/c1-8-2-10(17)5-13(21-8)7-12-4-9-3-11(18)6-14(19)15(9)16(20)22-12/h3,6,8,10,12-13,17-19H,2,4-5,7H2,1H3. The zero-order valence-corrected chi connectivity index (χ0v) is 12.4. The SMILES string of the molecule is CC1CC(O)CC(CC2Cc3cc(O)cc(O)c3C(=O)O2)O1. The molecule has 2 aliphatic heterocycles. The van der Waals surface area contributed by atoms with Gasteiger partial charge in [0.25, 0.3) is 0 Å². The number of fused-ring (bicyclic) bond motifs is 1. The Morgan fingerprint density at radius 2 is 2.00 bits per heavy atom. The highest BCUT2D eigenvalue weighted by Crippen LogP contribution is 2.34. The highest BCUT2D eigenvalue weighted by atomic mass is 16.5. The van der Waals surface area contributed by atoms with Crippen LogP contribution in [0, 0.1) is 0 Å². The molecule has 0 saturated carbocycles. The van der Waals surface area contributed by atoms with Gasteiger partial charge in [-0.2, -0.15) is 0 Å². The van der Waals surface area contributed by atoms with Crippen LogP contribution in [0.4, 0.5) is 0 Å². The first-order chi connectivity index (χ1) is 10.4. The molecule has 6 nitrogen and oxygen atoms in total. The molecule has 0 radical (unpaired) electrons. The maximum absolute atomic E-state index is 12.0. The molecule has 0 bridgehead atoms. The fourth-order valence-corrected chi connectivity index (χ4v) is 3.36. The van der Waals surface area contributed by atoms with Gasteiger partial charge in [0.05, 0.1) is 18.3 Å². The van der Waals surface area contributed by atoms with Gasteiger partial charge in [0.15, 0.2) is 0 Å². The second-order valence-electron chi connectivity index (χ2n) is 6.16. The topological polar surface area (TPSA) is 96.2 Å². The summed E-state index contributed by atoms with van der Waals surface area (Å²) in [7, 11) is 0. The molecule has 1 aromatic carbocycles. The van der Waals surface area contributed by atoms with Gasteiger partial charge in [-0.05, 0) is 31.4 Å². The fourth-order valence-electron chi connectivity index (χ4n) is 3.36. The summed E-state index contributed by atoms with van der Waals surface area (Å²) in [6.07, 6.45) is 1.08. The van der Waals surface area contributed by atoms with Crippen LogP contribution in [0.15, 0.2) is 12.1 Å². The number of aromatic hydroxyl groups is 2. The predicted molar refractivity (Wildman–Crippen MR) is 76.9 cm³/mol. The monoisotopic (exact) mass is 308 g/mol. The Kier molecular flexibility index (Phi) is 3.97. The summed E-state index contributed by atoms with van der Waals surface area (Å²) in [5, 5.41) is 29.1. The van der Waals surface area contributed by atoms with Crippen LogP contribution in [0.1, 0.15) is 42.1 Å². The smallest absolute Gasteiger partial charge is 0.342 e. The van der Waals surface area contributed by atoms with E-state index in [1.165, 1.54) is 6.07 Å². The second kappa shape index (κ2) is 5.78. The number of esters is 1. The average Bonchev–Trinajstić information content (AvgIpc) is 2.35. The van der Waals surface area contributed by atoms with E-state index in [9.17, 15) is 20.1 Å². The maximum atomic E-state index is 12.0. The van der Waals surface area contributed by atoms with Gasteiger partial charge in [-0.3, -0.25) is 0 Å². The minimum atomic E-state index is -0.590. The first-order valence-electron chi connectivity index (χ1n) is 7.51. The molecule has 2 heterocycles. The van der Waals surface area contributed by atoms with Crippen molar-refractivity contribution in [2.75, 3.05) is 0 Å². The number of cyclic esters (lactones) is 1. The molecule has 120 valence electrons. The molecule has 3 rings (SSSR count). The van der Waals surface area contributed by atoms with Gasteiger partial charge in [-0.15, -0.1) is 0 Å². The zero-order valence-electron chi connectivity index (χ0n) is 12.4.